The number of hydrogen-bond donors (Lipinski definition) is 2. The van der Waals surface area contributed by atoms with Crippen LogP contribution in [0.25, 0.3) is 0 Å². The maximum Gasteiger partial charge on any atom is 0.407 e. The number of rotatable bonds is 4. The zero-order chi connectivity index (χ0) is 14.6. The number of amides is 1. The molecule has 1 heterocycles. The van der Waals surface area contributed by atoms with Crippen LogP contribution in [0, 0.1) is 5.92 Å². The van der Waals surface area contributed by atoms with Gasteiger partial charge < -0.3 is 19.9 Å². The van der Waals surface area contributed by atoms with E-state index in [-0.39, 0.29) is 5.97 Å². The molecule has 0 aliphatic carbocycles. The van der Waals surface area contributed by atoms with Crippen molar-refractivity contribution in [2.45, 2.75) is 58.3 Å². The minimum absolute atomic E-state index is 0.364. The average molecular weight is 273 g/mol. The van der Waals surface area contributed by atoms with Gasteiger partial charge in [-0.05, 0) is 40.5 Å². The highest BCUT2D eigenvalue weighted by Crippen LogP contribution is 2.25. The van der Waals surface area contributed by atoms with E-state index in [1.165, 1.54) is 0 Å². The van der Waals surface area contributed by atoms with Gasteiger partial charge in [-0.1, -0.05) is 0 Å². The number of carbonyl (C=O) groups is 2. The Kier molecular flexibility index (Phi) is 5.17. The molecule has 2 N–H and O–H groups in total. The van der Waals surface area contributed by atoms with E-state index < -0.39 is 29.8 Å². The molecule has 0 aromatic rings. The van der Waals surface area contributed by atoms with Gasteiger partial charge in [0.25, 0.3) is 0 Å². The Balaban J connectivity index is 2.21. The summed E-state index contributed by atoms with van der Waals surface area (Å²) in [6.45, 7) is 7.44. The van der Waals surface area contributed by atoms with Gasteiger partial charge in [-0.3, -0.25) is 4.79 Å². The molecule has 0 unspecified atom stereocenters. The molecule has 1 fully saturated rings. The third-order valence-corrected chi connectivity index (χ3v) is 2.86. The normalized spacial score (nSPS) is 27.0. The second kappa shape index (κ2) is 6.23. The van der Waals surface area contributed by atoms with Crippen molar-refractivity contribution in [3.8, 4) is 0 Å². The molecule has 0 radical (unpaired) electrons. The molecule has 1 amide bonds. The predicted molar refractivity (Wildman–Crippen MR) is 68.5 cm³/mol. The van der Waals surface area contributed by atoms with Crippen molar-refractivity contribution < 1.29 is 24.2 Å². The summed E-state index contributed by atoms with van der Waals surface area (Å²) in [6, 6.07) is 0. The molecule has 19 heavy (non-hydrogen) atoms. The Morgan fingerprint density at radius 3 is 2.58 bits per heavy atom. The molecule has 110 valence electrons. The first-order valence-electron chi connectivity index (χ1n) is 6.56. The minimum Gasteiger partial charge on any atom is -0.460 e. The Bertz CT molecular complexity index is 336. The quantitative estimate of drug-likeness (QED) is 0.594. The van der Waals surface area contributed by atoms with Crippen molar-refractivity contribution in [2.75, 3.05) is 6.54 Å². The number of carbonyl (C=O) groups excluding carboxylic acids is 2. The molecule has 6 nitrogen and oxygen atoms in total. The summed E-state index contributed by atoms with van der Waals surface area (Å²) in [5, 5.41) is 12.3. The van der Waals surface area contributed by atoms with Crippen molar-refractivity contribution >= 4 is 12.1 Å². The molecule has 0 spiro atoms. The number of alkyl carbamates (subject to hydrolysis) is 1. The maximum absolute atomic E-state index is 11.4. The lowest BCUT2D eigenvalue weighted by atomic mass is 9.97. The third kappa shape index (κ3) is 5.06. The zero-order valence-corrected chi connectivity index (χ0v) is 11.9. The lowest BCUT2D eigenvalue weighted by Gasteiger charge is -2.19. The predicted octanol–water partition coefficient (Wildman–Crippen LogP) is 1.21. The second-order valence-electron chi connectivity index (χ2n) is 5.81. The number of ether oxygens (including phenoxy) is 2. The van der Waals surface area contributed by atoms with Crippen LogP contribution < -0.4 is 5.32 Å². The third-order valence-electron chi connectivity index (χ3n) is 2.86. The Hall–Kier alpha value is -1.30. The molecule has 6 heteroatoms. The summed E-state index contributed by atoms with van der Waals surface area (Å²) in [7, 11) is 0. The summed E-state index contributed by atoms with van der Waals surface area (Å²) < 4.78 is 10.0. The molecule has 0 saturated carbocycles. The number of aliphatic hydroxyl groups is 1. The van der Waals surface area contributed by atoms with Gasteiger partial charge in [0.2, 0.25) is 0 Å². The monoisotopic (exact) mass is 273 g/mol. The van der Waals surface area contributed by atoms with Crippen LogP contribution in [-0.2, 0) is 14.3 Å². The highest BCUT2D eigenvalue weighted by molar-refractivity contribution is 5.75. The fourth-order valence-electron chi connectivity index (χ4n) is 1.92. The van der Waals surface area contributed by atoms with Crippen molar-refractivity contribution in [3.63, 3.8) is 0 Å². The largest absolute Gasteiger partial charge is 0.460 e. The topological polar surface area (TPSA) is 84.9 Å². The highest BCUT2D eigenvalue weighted by Gasteiger charge is 2.40. The first-order chi connectivity index (χ1) is 8.70. The maximum atomic E-state index is 11.4. The van der Waals surface area contributed by atoms with E-state index in [1.54, 1.807) is 27.7 Å². The second-order valence-corrected chi connectivity index (χ2v) is 5.81. The van der Waals surface area contributed by atoms with Crippen LogP contribution in [0.2, 0.25) is 0 Å². The van der Waals surface area contributed by atoms with Gasteiger partial charge >= 0.3 is 12.1 Å². The van der Waals surface area contributed by atoms with Crippen LogP contribution in [0.4, 0.5) is 4.79 Å². The number of aliphatic hydroxyl groups excluding tert-OH is 1. The molecule has 1 saturated heterocycles. The van der Waals surface area contributed by atoms with E-state index in [9.17, 15) is 14.7 Å². The molecular formula is C13H23NO5. The summed E-state index contributed by atoms with van der Waals surface area (Å²) in [4.78, 5) is 22.8. The van der Waals surface area contributed by atoms with Gasteiger partial charge in [0.05, 0.1) is 5.92 Å². The van der Waals surface area contributed by atoms with Gasteiger partial charge in [0.1, 0.15) is 17.8 Å². The Labute approximate surface area is 113 Å². The first-order valence-corrected chi connectivity index (χ1v) is 6.56. The molecule has 1 rings (SSSR count). The van der Waals surface area contributed by atoms with Crippen molar-refractivity contribution in [3.05, 3.63) is 0 Å². The average Bonchev–Trinajstić information content (AvgIpc) is 2.47. The van der Waals surface area contributed by atoms with E-state index >= 15 is 0 Å². The summed E-state index contributed by atoms with van der Waals surface area (Å²) >= 11 is 0. The van der Waals surface area contributed by atoms with Gasteiger partial charge in [-0.15, -0.1) is 0 Å². The first kappa shape index (κ1) is 15.8. The van der Waals surface area contributed by atoms with Crippen LogP contribution in [0.3, 0.4) is 0 Å². The molecular weight excluding hydrogens is 250 g/mol. The van der Waals surface area contributed by atoms with Crippen LogP contribution in [0.1, 0.15) is 40.5 Å². The lowest BCUT2D eigenvalue weighted by molar-refractivity contribution is -0.143. The van der Waals surface area contributed by atoms with E-state index in [1.807, 2.05) is 0 Å². The smallest absolute Gasteiger partial charge is 0.407 e. The number of nitrogens with one attached hydrogen (secondary N) is 1. The van der Waals surface area contributed by atoms with E-state index in [4.69, 9.17) is 9.47 Å². The zero-order valence-electron chi connectivity index (χ0n) is 11.9. The van der Waals surface area contributed by atoms with E-state index in [2.05, 4.69) is 5.32 Å². The fourth-order valence-corrected chi connectivity index (χ4v) is 1.92. The lowest BCUT2D eigenvalue weighted by Crippen LogP contribution is -2.33. The minimum atomic E-state index is -0.756. The van der Waals surface area contributed by atoms with Crippen molar-refractivity contribution in [1.29, 1.82) is 0 Å². The van der Waals surface area contributed by atoms with Crippen LogP contribution >= 0.6 is 0 Å². The van der Waals surface area contributed by atoms with Gasteiger partial charge in [0, 0.05) is 6.54 Å². The van der Waals surface area contributed by atoms with Crippen LogP contribution in [-0.4, -0.2) is 41.5 Å². The Morgan fingerprint density at radius 2 is 2.11 bits per heavy atom. The summed E-state index contributed by atoms with van der Waals surface area (Å²) in [5.74, 6) is -0.854. The standard InChI is InChI=1S/C13H23NO5/c1-8-10(15)9(11(16)18-8)6-5-7-14-12(17)19-13(2,3)4/h8-10,15H,5-7H2,1-4H3,(H,14,17)/t8-,9-,10+/m1/s1. The van der Waals surface area contributed by atoms with E-state index in [0.717, 1.165) is 0 Å². The highest BCUT2D eigenvalue weighted by atomic mass is 16.6. The SMILES string of the molecule is C[C@H]1OC(=O)[C@H](CCCNC(=O)OC(C)(C)C)[C@H]1O. The van der Waals surface area contributed by atoms with Crippen LogP contribution in [0.15, 0.2) is 0 Å². The van der Waals surface area contributed by atoms with Crippen LogP contribution in [0.5, 0.6) is 0 Å². The number of esters is 1. The molecule has 1 aliphatic rings. The Morgan fingerprint density at radius 1 is 1.47 bits per heavy atom. The molecule has 0 aromatic carbocycles. The van der Waals surface area contributed by atoms with Crippen molar-refractivity contribution in [1.82, 2.24) is 5.32 Å². The molecule has 0 aromatic heterocycles. The summed E-state index contributed by atoms with van der Waals surface area (Å²) in [6.07, 6.45) is -0.608. The van der Waals surface area contributed by atoms with Crippen molar-refractivity contribution in [2.24, 2.45) is 5.92 Å². The van der Waals surface area contributed by atoms with Gasteiger partial charge in [-0.2, -0.15) is 0 Å². The molecule has 0 bridgehead atoms. The number of hydrogen-bond acceptors (Lipinski definition) is 5. The molecule has 1 aliphatic heterocycles. The van der Waals surface area contributed by atoms with Gasteiger partial charge in [0.15, 0.2) is 0 Å². The summed E-state index contributed by atoms with van der Waals surface area (Å²) in [5.41, 5.74) is -0.523. The molecule has 3 atom stereocenters. The number of cyclic esters (lactones) is 1. The van der Waals surface area contributed by atoms with Gasteiger partial charge in [-0.25, -0.2) is 4.79 Å². The fraction of sp³-hybridized carbons (Fsp3) is 0.846. The van der Waals surface area contributed by atoms with E-state index in [0.29, 0.717) is 19.4 Å².